The quantitative estimate of drug-likeness (QED) is 0.634. The van der Waals surface area contributed by atoms with Crippen LogP contribution in [0, 0.1) is 5.92 Å². The number of amides is 2. The van der Waals surface area contributed by atoms with E-state index < -0.39 is 0 Å². The maximum absolute atomic E-state index is 12.5. The van der Waals surface area contributed by atoms with Gasteiger partial charge in [0.2, 0.25) is 11.8 Å². The normalized spacial score (nSPS) is 16.7. The van der Waals surface area contributed by atoms with Gasteiger partial charge in [-0.1, -0.05) is 11.3 Å². The number of imidazole rings is 1. The molecule has 0 aliphatic carbocycles. The highest BCUT2D eigenvalue weighted by molar-refractivity contribution is 7.22. The highest BCUT2D eigenvalue weighted by Gasteiger charge is 2.36. The lowest BCUT2D eigenvalue weighted by molar-refractivity contribution is -0.126. The van der Waals surface area contributed by atoms with Crippen molar-refractivity contribution in [2.75, 3.05) is 24.6 Å². The molecule has 146 valence electrons. The standard InChI is InChI=1S/C19H21N5O3S/c1-2-27-14-3-4-15-16(8-14)28-19(23-15)24-10-12(7-17(24)25)18(26)21-6-5-13-9-20-11-22-13/h3-4,8-9,11-12H,2,5-7,10H2,1H3,(H,20,22)(H,21,26). The summed E-state index contributed by atoms with van der Waals surface area (Å²) in [5.41, 5.74) is 1.79. The molecular weight excluding hydrogens is 378 g/mol. The molecule has 2 N–H and O–H groups in total. The van der Waals surface area contributed by atoms with Gasteiger partial charge in [-0.3, -0.25) is 14.5 Å². The number of H-pyrrole nitrogens is 1. The minimum Gasteiger partial charge on any atom is -0.494 e. The second-order valence-electron chi connectivity index (χ2n) is 6.58. The molecular formula is C19H21N5O3S. The average Bonchev–Trinajstić information content (AvgIpc) is 3.40. The average molecular weight is 399 g/mol. The van der Waals surface area contributed by atoms with Crippen LogP contribution in [-0.2, 0) is 16.0 Å². The molecule has 3 aromatic rings. The lowest BCUT2D eigenvalue weighted by Crippen LogP contribution is -2.34. The fourth-order valence-electron chi connectivity index (χ4n) is 3.22. The maximum atomic E-state index is 12.5. The van der Waals surface area contributed by atoms with E-state index in [1.807, 2.05) is 25.1 Å². The Morgan fingerprint density at radius 1 is 1.46 bits per heavy atom. The molecule has 1 saturated heterocycles. The van der Waals surface area contributed by atoms with Crippen molar-refractivity contribution in [2.24, 2.45) is 5.92 Å². The number of carbonyl (C=O) groups excluding carboxylic acids is 2. The number of nitrogens with zero attached hydrogens (tertiary/aromatic N) is 3. The summed E-state index contributed by atoms with van der Waals surface area (Å²) in [5.74, 6) is 0.251. The number of rotatable bonds is 7. The van der Waals surface area contributed by atoms with Gasteiger partial charge in [-0.2, -0.15) is 0 Å². The summed E-state index contributed by atoms with van der Waals surface area (Å²) in [5, 5.41) is 3.53. The predicted molar refractivity (Wildman–Crippen MR) is 107 cm³/mol. The number of benzene rings is 1. The third-order valence-electron chi connectivity index (χ3n) is 4.63. The third-order valence-corrected chi connectivity index (χ3v) is 5.68. The van der Waals surface area contributed by atoms with E-state index in [-0.39, 0.29) is 24.2 Å². The van der Waals surface area contributed by atoms with Crippen LogP contribution >= 0.6 is 11.3 Å². The summed E-state index contributed by atoms with van der Waals surface area (Å²) < 4.78 is 6.48. The van der Waals surface area contributed by atoms with E-state index in [9.17, 15) is 9.59 Å². The van der Waals surface area contributed by atoms with Crippen molar-refractivity contribution < 1.29 is 14.3 Å². The zero-order valence-electron chi connectivity index (χ0n) is 15.5. The van der Waals surface area contributed by atoms with Gasteiger partial charge in [0.15, 0.2) is 5.13 Å². The molecule has 0 bridgehead atoms. The first-order valence-electron chi connectivity index (χ1n) is 9.22. The second kappa shape index (κ2) is 7.97. The second-order valence-corrected chi connectivity index (χ2v) is 7.59. The van der Waals surface area contributed by atoms with Crippen molar-refractivity contribution in [1.29, 1.82) is 0 Å². The topological polar surface area (TPSA) is 100 Å². The number of nitrogens with one attached hydrogen (secondary N) is 2. The number of carbonyl (C=O) groups is 2. The molecule has 1 aliphatic rings. The molecule has 1 aliphatic heterocycles. The van der Waals surface area contributed by atoms with Gasteiger partial charge in [-0.05, 0) is 25.1 Å². The highest BCUT2D eigenvalue weighted by atomic mass is 32.1. The summed E-state index contributed by atoms with van der Waals surface area (Å²) in [6.45, 7) is 3.39. The van der Waals surface area contributed by atoms with Gasteiger partial charge in [-0.25, -0.2) is 9.97 Å². The van der Waals surface area contributed by atoms with Crippen molar-refractivity contribution in [2.45, 2.75) is 19.8 Å². The van der Waals surface area contributed by atoms with Crippen LogP contribution in [0.2, 0.25) is 0 Å². The molecule has 9 heteroatoms. The Morgan fingerprint density at radius 3 is 3.14 bits per heavy atom. The van der Waals surface area contributed by atoms with Gasteiger partial charge in [0.05, 0.1) is 29.1 Å². The van der Waals surface area contributed by atoms with Crippen LogP contribution in [0.25, 0.3) is 10.2 Å². The molecule has 0 radical (unpaired) electrons. The van der Waals surface area contributed by atoms with Gasteiger partial charge in [0.1, 0.15) is 5.75 Å². The van der Waals surface area contributed by atoms with Crippen LogP contribution in [0.15, 0.2) is 30.7 Å². The Kier molecular flexibility index (Phi) is 5.25. The number of ether oxygens (including phenoxy) is 1. The lowest BCUT2D eigenvalue weighted by atomic mass is 10.1. The van der Waals surface area contributed by atoms with Gasteiger partial charge in [0, 0.05) is 37.8 Å². The molecule has 28 heavy (non-hydrogen) atoms. The van der Waals surface area contributed by atoms with Gasteiger partial charge >= 0.3 is 0 Å². The molecule has 1 aromatic carbocycles. The van der Waals surface area contributed by atoms with E-state index in [1.165, 1.54) is 11.3 Å². The van der Waals surface area contributed by atoms with Crippen LogP contribution in [0.4, 0.5) is 5.13 Å². The monoisotopic (exact) mass is 399 g/mol. The third kappa shape index (κ3) is 3.84. The summed E-state index contributed by atoms with van der Waals surface area (Å²) >= 11 is 1.44. The van der Waals surface area contributed by atoms with Crippen LogP contribution in [0.3, 0.4) is 0 Å². The van der Waals surface area contributed by atoms with Crippen molar-refractivity contribution in [1.82, 2.24) is 20.3 Å². The highest BCUT2D eigenvalue weighted by Crippen LogP contribution is 2.34. The van der Waals surface area contributed by atoms with Crippen LogP contribution in [0.1, 0.15) is 19.0 Å². The molecule has 4 rings (SSSR count). The van der Waals surface area contributed by atoms with E-state index in [0.717, 1.165) is 21.7 Å². The Labute approximate surface area is 165 Å². The smallest absolute Gasteiger partial charge is 0.229 e. The molecule has 0 saturated carbocycles. The number of anilines is 1. The summed E-state index contributed by atoms with van der Waals surface area (Å²) in [7, 11) is 0. The minimum atomic E-state index is -0.361. The van der Waals surface area contributed by atoms with Gasteiger partial charge < -0.3 is 15.0 Å². The first-order valence-corrected chi connectivity index (χ1v) is 10.0. The predicted octanol–water partition coefficient (Wildman–Crippen LogP) is 2.13. The molecule has 1 unspecified atom stereocenters. The minimum absolute atomic E-state index is 0.0715. The summed E-state index contributed by atoms with van der Waals surface area (Å²) in [6, 6.07) is 5.69. The Balaban J connectivity index is 1.39. The Bertz CT molecular complexity index is 985. The number of aromatic nitrogens is 3. The largest absolute Gasteiger partial charge is 0.494 e. The number of fused-ring (bicyclic) bond motifs is 1. The Hall–Kier alpha value is -2.94. The Morgan fingerprint density at radius 2 is 2.36 bits per heavy atom. The van der Waals surface area contributed by atoms with Crippen LogP contribution in [-0.4, -0.2) is 46.5 Å². The van der Waals surface area contributed by atoms with Gasteiger partial charge in [-0.15, -0.1) is 0 Å². The zero-order valence-corrected chi connectivity index (χ0v) is 16.3. The number of hydrogen-bond donors (Lipinski definition) is 2. The van der Waals surface area contributed by atoms with Crippen molar-refractivity contribution in [3.8, 4) is 5.75 Å². The van der Waals surface area contributed by atoms with E-state index in [2.05, 4.69) is 20.3 Å². The van der Waals surface area contributed by atoms with E-state index in [1.54, 1.807) is 17.4 Å². The zero-order chi connectivity index (χ0) is 19.5. The molecule has 8 nitrogen and oxygen atoms in total. The maximum Gasteiger partial charge on any atom is 0.229 e. The molecule has 2 amide bonds. The fourth-order valence-corrected chi connectivity index (χ4v) is 4.24. The van der Waals surface area contributed by atoms with Gasteiger partial charge in [0.25, 0.3) is 0 Å². The number of hydrogen-bond acceptors (Lipinski definition) is 6. The first kappa shape index (κ1) is 18.4. The van der Waals surface area contributed by atoms with Crippen molar-refractivity contribution >= 4 is 38.5 Å². The van der Waals surface area contributed by atoms with E-state index in [0.29, 0.717) is 31.2 Å². The van der Waals surface area contributed by atoms with Crippen molar-refractivity contribution in [3.63, 3.8) is 0 Å². The molecule has 1 atom stereocenters. The molecule has 1 fully saturated rings. The lowest BCUT2D eigenvalue weighted by Gasteiger charge is -2.13. The molecule has 2 aromatic heterocycles. The summed E-state index contributed by atoms with van der Waals surface area (Å²) in [6.07, 6.45) is 4.23. The molecule has 3 heterocycles. The van der Waals surface area contributed by atoms with Crippen LogP contribution < -0.4 is 15.0 Å². The fraction of sp³-hybridized carbons (Fsp3) is 0.368. The summed E-state index contributed by atoms with van der Waals surface area (Å²) in [4.78, 5) is 38.0. The number of thiazole rings is 1. The van der Waals surface area contributed by atoms with E-state index in [4.69, 9.17) is 4.74 Å². The SMILES string of the molecule is CCOc1ccc2nc(N3CC(C(=O)NCCc4cnc[nH]4)CC3=O)sc2c1. The van der Waals surface area contributed by atoms with E-state index >= 15 is 0 Å². The van der Waals surface area contributed by atoms with Crippen LogP contribution in [0.5, 0.6) is 5.75 Å². The first-order chi connectivity index (χ1) is 13.6. The molecule has 0 spiro atoms. The van der Waals surface area contributed by atoms with Crippen molar-refractivity contribution in [3.05, 3.63) is 36.4 Å². The number of aromatic amines is 1.